The number of ether oxygens (including phenoxy) is 1. The molecule has 1 N–H and O–H groups in total. The van der Waals surface area contributed by atoms with Crippen LogP contribution in [0.3, 0.4) is 0 Å². The van der Waals surface area contributed by atoms with Crippen LogP contribution < -0.4 is 10.1 Å². The number of nitrogens with one attached hydrogen (secondary N) is 1. The fourth-order valence-electron chi connectivity index (χ4n) is 1.92. The summed E-state index contributed by atoms with van der Waals surface area (Å²) in [5.41, 5.74) is 1.24. The zero-order chi connectivity index (χ0) is 15.1. The first-order valence-electron chi connectivity index (χ1n) is 7.17. The average molecular weight is 301 g/mol. The van der Waals surface area contributed by atoms with Crippen molar-refractivity contribution in [1.29, 1.82) is 0 Å². The summed E-state index contributed by atoms with van der Waals surface area (Å²) in [4.78, 5) is 0. The molecule has 0 bridgehead atoms. The van der Waals surface area contributed by atoms with Gasteiger partial charge in [-0.05, 0) is 49.9 Å². The predicted octanol–water partition coefficient (Wildman–Crippen LogP) is 4.71. The van der Waals surface area contributed by atoms with E-state index in [1.54, 1.807) is 0 Å². The molecule has 2 rings (SSSR count). The van der Waals surface area contributed by atoms with Crippen molar-refractivity contribution >= 4 is 11.8 Å². The van der Waals surface area contributed by atoms with Crippen molar-refractivity contribution in [3.63, 3.8) is 0 Å². The van der Waals surface area contributed by atoms with Crippen molar-refractivity contribution < 1.29 is 4.74 Å². The van der Waals surface area contributed by atoms with Gasteiger partial charge in [0.25, 0.3) is 0 Å². The fraction of sp³-hybridized carbons (Fsp3) is 0.333. The molecule has 2 aromatic carbocycles. The Kier molecular flexibility index (Phi) is 5.71. The monoisotopic (exact) mass is 301 g/mol. The van der Waals surface area contributed by atoms with Crippen LogP contribution in [0.4, 0.5) is 0 Å². The Labute approximate surface area is 131 Å². The molecule has 0 aromatic heterocycles. The summed E-state index contributed by atoms with van der Waals surface area (Å²) in [6.45, 7) is 6.34. The van der Waals surface area contributed by atoms with Gasteiger partial charge < -0.3 is 10.1 Å². The van der Waals surface area contributed by atoms with Crippen molar-refractivity contribution in [3.05, 3.63) is 60.2 Å². The zero-order valence-corrected chi connectivity index (χ0v) is 13.7. The second kappa shape index (κ2) is 7.53. The Bertz CT molecular complexity index is 554. The standard InChI is InChI=1S/C18H23NOS/c1-18(2,21-3)14-19-13-15-8-7-11-17(12-15)20-16-9-5-4-6-10-16/h4-12,19H,13-14H2,1-3H3. The summed E-state index contributed by atoms with van der Waals surface area (Å²) >= 11 is 1.88. The molecule has 3 heteroatoms. The largest absolute Gasteiger partial charge is 0.457 e. The van der Waals surface area contributed by atoms with Crippen LogP contribution in [-0.4, -0.2) is 17.5 Å². The van der Waals surface area contributed by atoms with Crippen LogP contribution in [0.15, 0.2) is 54.6 Å². The lowest BCUT2D eigenvalue weighted by molar-refractivity contribution is 0.481. The van der Waals surface area contributed by atoms with E-state index >= 15 is 0 Å². The highest BCUT2D eigenvalue weighted by molar-refractivity contribution is 7.99. The third kappa shape index (κ3) is 5.44. The second-order valence-electron chi connectivity index (χ2n) is 5.63. The quantitative estimate of drug-likeness (QED) is 0.800. The third-order valence-electron chi connectivity index (χ3n) is 3.31. The molecule has 0 saturated carbocycles. The number of rotatable bonds is 7. The average Bonchev–Trinajstić information content (AvgIpc) is 2.48. The van der Waals surface area contributed by atoms with Crippen LogP contribution in [0.2, 0.25) is 0 Å². The molecule has 0 aliphatic carbocycles. The van der Waals surface area contributed by atoms with Crippen molar-refractivity contribution in [2.45, 2.75) is 25.1 Å². The van der Waals surface area contributed by atoms with Gasteiger partial charge in [0, 0.05) is 17.8 Å². The van der Waals surface area contributed by atoms with Gasteiger partial charge in [0.15, 0.2) is 0 Å². The lowest BCUT2D eigenvalue weighted by atomic mass is 10.2. The van der Waals surface area contributed by atoms with E-state index in [2.05, 4.69) is 37.6 Å². The molecule has 2 aromatic rings. The first kappa shape index (κ1) is 15.9. The predicted molar refractivity (Wildman–Crippen MR) is 92.3 cm³/mol. The first-order chi connectivity index (χ1) is 10.1. The Morgan fingerprint density at radius 2 is 1.71 bits per heavy atom. The second-order valence-corrected chi connectivity index (χ2v) is 7.14. The Morgan fingerprint density at radius 3 is 2.43 bits per heavy atom. The van der Waals surface area contributed by atoms with E-state index in [4.69, 9.17) is 4.74 Å². The van der Waals surface area contributed by atoms with Gasteiger partial charge in [-0.25, -0.2) is 0 Å². The number of hydrogen-bond donors (Lipinski definition) is 1. The molecule has 0 radical (unpaired) electrons. The maximum atomic E-state index is 5.86. The van der Waals surface area contributed by atoms with E-state index in [9.17, 15) is 0 Å². The van der Waals surface area contributed by atoms with E-state index in [-0.39, 0.29) is 4.75 Å². The topological polar surface area (TPSA) is 21.3 Å². The minimum Gasteiger partial charge on any atom is -0.457 e. The summed E-state index contributed by atoms with van der Waals surface area (Å²) < 4.78 is 6.12. The van der Waals surface area contributed by atoms with Crippen LogP contribution in [-0.2, 0) is 6.54 Å². The van der Waals surface area contributed by atoms with Crippen LogP contribution in [0.1, 0.15) is 19.4 Å². The van der Waals surface area contributed by atoms with Crippen molar-refractivity contribution in [2.24, 2.45) is 0 Å². The van der Waals surface area contributed by atoms with E-state index in [1.807, 2.05) is 54.2 Å². The van der Waals surface area contributed by atoms with Crippen LogP contribution >= 0.6 is 11.8 Å². The lowest BCUT2D eigenvalue weighted by Gasteiger charge is -2.22. The van der Waals surface area contributed by atoms with E-state index in [0.717, 1.165) is 24.6 Å². The lowest BCUT2D eigenvalue weighted by Crippen LogP contribution is -2.31. The Balaban J connectivity index is 1.92. The molecule has 0 unspecified atom stereocenters. The Morgan fingerprint density at radius 1 is 1.00 bits per heavy atom. The summed E-state index contributed by atoms with van der Waals surface area (Å²) in [5, 5.41) is 3.51. The highest BCUT2D eigenvalue weighted by atomic mass is 32.2. The number of para-hydroxylation sites is 1. The highest BCUT2D eigenvalue weighted by Crippen LogP contribution is 2.22. The molecule has 0 fully saturated rings. The molecule has 0 heterocycles. The van der Waals surface area contributed by atoms with Gasteiger partial charge in [0.2, 0.25) is 0 Å². The molecule has 0 aliphatic rings. The maximum absolute atomic E-state index is 5.86. The molecular formula is C18H23NOS. The highest BCUT2D eigenvalue weighted by Gasteiger charge is 2.14. The molecule has 2 nitrogen and oxygen atoms in total. The van der Waals surface area contributed by atoms with Crippen molar-refractivity contribution in [2.75, 3.05) is 12.8 Å². The molecular weight excluding hydrogens is 278 g/mol. The molecule has 0 spiro atoms. The smallest absolute Gasteiger partial charge is 0.127 e. The first-order valence-corrected chi connectivity index (χ1v) is 8.39. The minimum atomic E-state index is 0.262. The van der Waals surface area contributed by atoms with E-state index in [0.29, 0.717) is 0 Å². The van der Waals surface area contributed by atoms with Gasteiger partial charge in [-0.15, -0.1) is 0 Å². The van der Waals surface area contributed by atoms with Crippen LogP contribution in [0.5, 0.6) is 11.5 Å². The fourth-order valence-corrected chi connectivity index (χ4v) is 2.17. The molecule has 0 saturated heterocycles. The van der Waals surface area contributed by atoms with E-state index in [1.165, 1.54) is 5.56 Å². The van der Waals surface area contributed by atoms with Gasteiger partial charge in [-0.2, -0.15) is 11.8 Å². The molecule has 112 valence electrons. The maximum Gasteiger partial charge on any atom is 0.127 e. The Hall–Kier alpha value is -1.45. The van der Waals surface area contributed by atoms with Crippen molar-refractivity contribution in [1.82, 2.24) is 5.32 Å². The van der Waals surface area contributed by atoms with Gasteiger partial charge in [-0.1, -0.05) is 30.3 Å². The van der Waals surface area contributed by atoms with Gasteiger partial charge >= 0.3 is 0 Å². The number of hydrogen-bond acceptors (Lipinski definition) is 3. The molecule has 0 atom stereocenters. The number of benzene rings is 2. The molecule has 0 aliphatic heterocycles. The normalized spacial score (nSPS) is 11.4. The minimum absolute atomic E-state index is 0.262. The van der Waals surface area contributed by atoms with Crippen LogP contribution in [0.25, 0.3) is 0 Å². The molecule has 21 heavy (non-hydrogen) atoms. The summed E-state index contributed by atoms with van der Waals surface area (Å²) in [6, 6.07) is 18.1. The van der Waals surface area contributed by atoms with Crippen molar-refractivity contribution in [3.8, 4) is 11.5 Å². The van der Waals surface area contributed by atoms with E-state index < -0.39 is 0 Å². The van der Waals surface area contributed by atoms with Gasteiger partial charge in [-0.3, -0.25) is 0 Å². The molecule has 0 amide bonds. The summed E-state index contributed by atoms with van der Waals surface area (Å²) in [7, 11) is 0. The zero-order valence-electron chi connectivity index (χ0n) is 12.9. The number of thioether (sulfide) groups is 1. The SMILES string of the molecule is CSC(C)(C)CNCc1cccc(Oc2ccccc2)c1. The van der Waals surface area contributed by atoms with Crippen LogP contribution in [0, 0.1) is 0 Å². The summed E-state index contributed by atoms with van der Waals surface area (Å²) in [5.74, 6) is 1.75. The summed E-state index contributed by atoms with van der Waals surface area (Å²) in [6.07, 6.45) is 2.15. The van der Waals surface area contributed by atoms with Gasteiger partial charge in [0.05, 0.1) is 0 Å². The third-order valence-corrected chi connectivity index (χ3v) is 4.56. The van der Waals surface area contributed by atoms with Gasteiger partial charge in [0.1, 0.15) is 11.5 Å².